The Kier molecular flexibility index (Phi) is 3.08. The van der Waals surface area contributed by atoms with Crippen molar-refractivity contribution in [2.24, 2.45) is 34.5 Å². The highest BCUT2D eigenvalue weighted by Gasteiger charge is 2.73. The first-order valence-electron chi connectivity index (χ1n) is 9.61. The highest BCUT2D eigenvalue weighted by atomic mass is 16.6. The van der Waals surface area contributed by atoms with Crippen LogP contribution >= 0.6 is 0 Å². The summed E-state index contributed by atoms with van der Waals surface area (Å²) in [5, 5.41) is 0. The lowest BCUT2D eigenvalue weighted by molar-refractivity contribution is -0.190. The molecular formula is C20H32O2. The summed E-state index contributed by atoms with van der Waals surface area (Å²) in [5.41, 5.74) is 0.237. The van der Waals surface area contributed by atoms with Gasteiger partial charge in [0.1, 0.15) is 5.60 Å². The van der Waals surface area contributed by atoms with E-state index in [-0.39, 0.29) is 17.0 Å². The van der Waals surface area contributed by atoms with E-state index in [0.29, 0.717) is 17.3 Å². The minimum Gasteiger partial charge on any atom is -0.458 e. The molecule has 0 radical (unpaired) electrons. The van der Waals surface area contributed by atoms with Crippen molar-refractivity contribution in [2.75, 3.05) is 0 Å². The summed E-state index contributed by atoms with van der Waals surface area (Å²) in [4.78, 5) is 12.9. The Morgan fingerprint density at radius 3 is 2.09 bits per heavy atom. The van der Waals surface area contributed by atoms with Crippen LogP contribution in [0.15, 0.2) is 0 Å². The molecule has 2 nitrogen and oxygen atoms in total. The molecule has 4 unspecified atom stereocenters. The van der Waals surface area contributed by atoms with Gasteiger partial charge in [0, 0.05) is 0 Å². The van der Waals surface area contributed by atoms with Gasteiger partial charge in [0.15, 0.2) is 0 Å². The van der Waals surface area contributed by atoms with E-state index in [1.807, 2.05) is 0 Å². The summed E-state index contributed by atoms with van der Waals surface area (Å²) >= 11 is 0. The number of hydrogen-bond acceptors (Lipinski definition) is 2. The fourth-order valence-electron chi connectivity index (χ4n) is 7.10. The lowest BCUT2D eigenvalue weighted by Crippen LogP contribution is -2.51. The van der Waals surface area contributed by atoms with Gasteiger partial charge in [-0.15, -0.1) is 0 Å². The first kappa shape index (κ1) is 15.0. The van der Waals surface area contributed by atoms with Gasteiger partial charge >= 0.3 is 5.97 Å². The van der Waals surface area contributed by atoms with Gasteiger partial charge in [0.05, 0.1) is 5.41 Å². The average molecular weight is 304 g/mol. The first-order valence-corrected chi connectivity index (χ1v) is 9.61. The molecule has 0 heterocycles. The van der Waals surface area contributed by atoms with E-state index in [1.165, 1.54) is 32.1 Å². The van der Waals surface area contributed by atoms with E-state index in [2.05, 4.69) is 27.7 Å². The minimum atomic E-state index is -0.328. The smallest absolute Gasteiger partial charge is 0.312 e. The van der Waals surface area contributed by atoms with Crippen molar-refractivity contribution in [3.63, 3.8) is 0 Å². The van der Waals surface area contributed by atoms with Crippen molar-refractivity contribution >= 4 is 5.97 Å². The maximum absolute atomic E-state index is 12.9. The van der Waals surface area contributed by atoms with E-state index in [1.54, 1.807) is 0 Å². The Morgan fingerprint density at radius 2 is 1.59 bits per heavy atom. The van der Waals surface area contributed by atoms with Crippen molar-refractivity contribution in [1.82, 2.24) is 0 Å². The zero-order valence-electron chi connectivity index (χ0n) is 14.8. The molecule has 4 atom stereocenters. The Hall–Kier alpha value is -0.530. The van der Waals surface area contributed by atoms with Crippen LogP contribution in [0.4, 0.5) is 0 Å². The van der Waals surface area contributed by atoms with Crippen LogP contribution in [-0.2, 0) is 9.53 Å². The van der Waals surface area contributed by atoms with Crippen LogP contribution < -0.4 is 0 Å². The van der Waals surface area contributed by atoms with E-state index < -0.39 is 0 Å². The van der Waals surface area contributed by atoms with Crippen LogP contribution in [-0.4, -0.2) is 11.6 Å². The van der Waals surface area contributed by atoms with Crippen molar-refractivity contribution in [2.45, 2.75) is 84.7 Å². The van der Waals surface area contributed by atoms with Crippen LogP contribution in [0.1, 0.15) is 79.1 Å². The summed E-state index contributed by atoms with van der Waals surface area (Å²) in [5.74, 6) is 3.29. The molecule has 3 bridgehead atoms. The number of fused-ring (bicyclic) bond motifs is 2. The van der Waals surface area contributed by atoms with Gasteiger partial charge in [-0.3, -0.25) is 4.79 Å². The van der Waals surface area contributed by atoms with Crippen LogP contribution in [0.25, 0.3) is 0 Å². The van der Waals surface area contributed by atoms with E-state index in [9.17, 15) is 4.79 Å². The van der Waals surface area contributed by atoms with Gasteiger partial charge in [0.2, 0.25) is 0 Å². The summed E-state index contributed by atoms with van der Waals surface area (Å²) < 4.78 is 6.43. The molecule has 124 valence electrons. The van der Waals surface area contributed by atoms with Gasteiger partial charge in [-0.1, -0.05) is 20.3 Å². The highest BCUT2D eigenvalue weighted by Crippen LogP contribution is 2.78. The Balaban J connectivity index is 1.60. The molecule has 0 aromatic rings. The Morgan fingerprint density at radius 1 is 1.05 bits per heavy atom. The lowest BCUT2D eigenvalue weighted by Gasteiger charge is -2.50. The molecule has 0 aromatic heterocycles. The molecule has 1 spiro atoms. The highest BCUT2D eigenvalue weighted by molar-refractivity contribution is 5.76. The van der Waals surface area contributed by atoms with Gasteiger partial charge in [-0.2, -0.15) is 0 Å². The molecule has 4 aliphatic rings. The Labute approximate surface area is 135 Å². The summed E-state index contributed by atoms with van der Waals surface area (Å²) in [6.07, 6.45) is 9.85. The van der Waals surface area contributed by atoms with Crippen molar-refractivity contribution in [3.05, 3.63) is 0 Å². The number of carbonyl (C=O) groups excluding carboxylic acids is 1. The maximum Gasteiger partial charge on any atom is 0.312 e. The van der Waals surface area contributed by atoms with Gasteiger partial charge in [0.25, 0.3) is 0 Å². The topological polar surface area (TPSA) is 26.3 Å². The molecule has 4 fully saturated rings. The molecule has 2 heteroatoms. The molecular weight excluding hydrogens is 272 g/mol. The van der Waals surface area contributed by atoms with Crippen LogP contribution in [0, 0.1) is 34.5 Å². The third kappa shape index (κ3) is 1.65. The molecule has 0 N–H and O–H groups in total. The number of hydrogen-bond donors (Lipinski definition) is 0. The number of rotatable bonds is 5. The quantitative estimate of drug-likeness (QED) is 0.671. The fourth-order valence-corrected chi connectivity index (χ4v) is 7.10. The fraction of sp³-hybridized carbons (Fsp3) is 0.950. The largest absolute Gasteiger partial charge is 0.458 e. The molecule has 0 amide bonds. The average Bonchev–Trinajstić information content (AvgIpc) is 2.86. The molecule has 22 heavy (non-hydrogen) atoms. The van der Waals surface area contributed by atoms with Gasteiger partial charge in [-0.25, -0.2) is 0 Å². The monoisotopic (exact) mass is 304 g/mol. The van der Waals surface area contributed by atoms with Crippen LogP contribution in [0.5, 0.6) is 0 Å². The molecule has 4 aliphatic carbocycles. The van der Waals surface area contributed by atoms with Crippen LogP contribution in [0.3, 0.4) is 0 Å². The van der Waals surface area contributed by atoms with Crippen molar-refractivity contribution in [1.29, 1.82) is 0 Å². The number of esters is 1. The molecule has 4 rings (SSSR count). The number of ether oxygens (including phenoxy) is 1. The predicted octanol–water partition coefficient (Wildman–Crippen LogP) is 4.96. The first-order chi connectivity index (χ1) is 10.4. The third-order valence-electron chi connectivity index (χ3n) is 8.23. The number of carbonyl (C=O) groups is 1. The molecule has 0 aliphatic heterocycles. The van der Waals surface area contributed by atoms with Crippen molar-refractivity contribution in [3.8, 4) is 0 Å². The van der Waals surface area contributed by atoms with Crippen LogP contribution in [0.2, 0.25) is 0 Å². The van der Waals surface area contributed by atoms with E-state index in [0.717, 1.165) is 31.1 Å². The molecule has 4 saturated carbocycles. The second kappa shape index (κ2) is 4.51. The zero-order valence-corrected chi connectivity index (χ0v) is 14.8. The lowest BCUT2D eigenvalue weighted by atomic mass is 9.55. The normalized spacial score (nSPS) is 48.2. The molecule has 0 aromatic carbocycles. The predicted molar refractivity (Wildman–Crippen MR) is 87.3 cm³/mol. The third-order valence-corrected chi connectivity index (χ3v) is 8.23. The van der Waals surface area contributed by atoms with E-state index in [4.69, 9.17) is 4.74 Å². The zero-order chi connectivity index (χ0) is 15.8. The summed E-state index contributed by atoms with van der Waals surface area (Å²) in [7, 11) is 0. The Bertz CT molecular complexity index is 468. The second-order valence-electron chi connectivity index (χ2n) is 9.47. The SMILES string of the molecule is CCCC(C)(C)C(=O)OC1(CC)C2CC3CC4CC1CC34C2. The van der Waals surface area contributed by atoms with Gasteiger partial charge < -0.3 is 4.74 Å². The second-order valence-corrected chi connectivity index (χ2v) is 9.47. The summed E-state index contributed by atoms with van der Waals surface area (Å²) in [6, 6.07) is 0. The van der Waals surface area contributed by atoms with Gasteiger partial charge in [-0.05, 0) is 87.9 Å². The molecule has 0 saturated heterocycles. The minimum absolute atomic E-state index is 0.0659. The van der Waals surface area contributed by atoms with Crippen molar-refractivity contribution < 1.29 is 9.53 Å². The standard InChI is InChI=1S/C20H32O2/c1-5-7-18(3,4)17(21)22-20(6-2)15-9-13-8-14-10-16(20)12-19(13,14)11-15/h13-16H,5-12H2,1-4H3. The summed E-state index contributed by atoms with van der Waals surface area (Å²) in [6.45, 7) is 8.54. The maximum atomic E-state index is 12.9. The van der Waals surface area contributed by atoms with E-state index >= 15 is 0 Å².